The first kappa shape index (κ1) is 10.5. The highest BCUT2D eigenvalue weighted by Gasteiger charge is 2.00. The summed E-state index contributed by atoms with van der Waals surface area (Å²) in [5, 5.41) is 1.02. The number of furan rings is 1. The lowest BCUT2D eigenvalue weighted by Crippen LogP contribution is -1.98. The van der Waals surface area contributed by atoms with Crippen LogP contribution in [0.5, 0.6) is 0 Å². The molecule has 2 rings (SSSR count). The first-order chi connectivity index (χ1) is 7.79. The lowest BCUT2D eigenvalue weighted by molar-refractivity contribution is -0.137. The van der Waals surface area contributed by atoms with Gasteiger partial charge in [0.25, 0.3) is 0 Å². The second-order valence-electron chi connectivity index (χ2n) is 3.27. The summed E-state index contributed by atoms with van der Waals surface area (Å²) in [4.78, 5) is 11.1. The number of hydrogen-bond donors (Lipinski definition) is 0. The Morgan fingerprint density at radius 3 is 3.00 bits per heavy atom. The van der Waals surface area contributed by atoms with E-state index < -0.39 is 0 Å². The van der Waals surface area contributed by atoms with Crippen LogP contribution in [0.3, 0.4) is 0 Å². The highest BCUT2D eigenvalue weighted by atomic mass is 16.5. The standard InChI is InChI=1S/C13H12O3/c1-2-15-13(14)8-7-11-9-10-5-3-4-6-12(10)16-11/h3-9H,2H2,1H3/b8-7-. The van der Waals surface area contributed by atoms with Gasteiger partial charge in [-0.15, -0.1) is 0 Å². The zero-order valence-corrected chi connectivity index (χ0v) is 8.97. The molecule has 0 aliphatic carbocycles. The van der Waals surface area contributed by atoms with Gasteiger partial charge in [0.1, 0.15) is 11.3 Å². The number of para-hydroxylation sites is 1. The number of carbonyl (C=O) groups excluding carboxylic acids is 1. The van der Waals surface area contributed by atoms with E-state index in [-0.39, 0.29) is 5.97 Å². The fourth-order valence-electron chi connectivity index (χ4n) is 1.43. The maximum atomic E-state index is 11.1. The number of fused-ring (bicyclic) bond motifs is 1. The molecule has 0 saturated heterocycles. The van der Waals surface area contributed by atoms with Gasteiger partial charge in [0.2, 0.25) is 0 Å². The van der Waals surface area contributed by atoms with Crippen LogP contribution in [-0.4, -0.2) is 12.6 Å². The zero-order chi connectivity index (χ0) is 11.4. The summed E-state index contributed by atoms with van der Waals surface area (Å²) in [6.45, 7) is 2.15. The minimum absolute atomic E-state index is 0.358. The van der Waals surface area contributed by atoms with E-state index in [0.717, 1.165) is 11.0 Å². The predicted molar refractivity (Wildman–Crippen MR) is 61.9 cm³/mol. The third-order valence-electron chi connectivity index (χ3n) is 2.11. The Hall–Kier alpha value is -2.03. The van der Waals surface area contributed by atoms with E-state index >= 15 is 0 Å². The number of rotatable bonds is 3. The molecular weight excluding hydrogens is 204 g/mol. The van der Waals surface area contributed by atoms with Gasteiger partial charge in [-0.3, -0.25) is 0 Å². The van der Waals surface area contributed by atoms with Crippen molar-refractivity contribution in [3.05, 3.63) is 42.2 Å². The lowest BCUT2D eigenvalue weighted by Gasteiger charge is -1.92. The van der Waals surface area contributed by atoms with Crippen molar-refractivity contribution in [2.45, 2.75) is 6.92 Å². The van der Waals surface area contributed by atoms with Gasteiger partial charge in [-0.2, -0.15) is 0 Å². The van der Waals surface area contributed by atoms with Gasteiger partial charge in [0.15, 0.2) is 0 Å². The monoisotopic (exact) mass is 216 g/mol. The summed E-state index contributed by atoms with van der Waals surface area (Å²) in [5.74, 6) is 0.289. The molecule has 1 aromatic heterocycles. The van der Waals surface area contributed by atoms with E-state index in [1.807, 2.05) is 30.3 Å². The summed E-state index contributed by atoms with van der Waals surface area (Å²) < 4.78 is 10.3. The minimum atomic E-state index is -0.358. The van der Waals surface area contributed by atoms with Crippen LogP contribution in [0.25, 0.3) is 17.0 Å². The molecule has 1 aromatic carbocycles. The minimum Gasteiger partial charge on any atom is -0.463 e. The molecule has 0 aliphatic rings. The molecule has 0 saturated carbocycles. The van der Waals surface area contributed by atoms with E-state index in [1.165, 1.54) is 6.08 Å². The molecule has 0 bridgehead atoms. The first-order valence-corrected chi connectivity index (χ1v) is 5.13. The number of hydrogen-bond acceptors (Lipinski definition) is 3. The molecule has 3 heteroatoms. The Kier molecular flexibility index (Phi) is 3.05. The number of ether oxygens (including phenoxy) is 1. The molecule has 0 radical (unpaired) electrons. The van der Waals surface area contributed by atoms with Gasteiger partial charge in [-0.1, -0.05) is 18.2 Å². The molecule has 3 nitrogen and oxygen atoms in total. The normalized spacial score (nSPS) is 11.1. The maximum absolute atomic E-state index is 11.1. The SMILES string of the molecule is CCOC(=O)/C=C\c1cc2ccccc2o1. The topological polar surface area (TPSA) is 39.4 Å². The highest BCUT2D eigenvalue weighted by molar-refractivity contribution is 5.88. The second-order valence-corrected chi connectivity index (χ2v) is 3.27. The van der Waals surface area contributed by atoms with Crippen molar-refractivity contribution in [3.63, 3.8) is 0 Å². The molecule has 2 aromatic rings. The van der Waals surface area contributed by atoms with Crippen LogP contribution in [-0.2, 0) is 9.53 Å². The van der Waals surface area contributed by atoms with E-state index in [0.29, 0.717) is 12.4 Å². The molecular formula is C13H12O3. The molecule has 0 atom stereocenters. The van der Waals surface area contributed by atoms with Crippen LogP contribution in [0.1, 0.15) is 12.7 Å². The van der Waals surface area contributed by atoms with Crippen molar-refractivity contribution in [1.29, 1.82) is 0 Å². The Bertz CT molecular complexity index is 490. The summed E-state index contributed by atoms with van der Waals surface area (Å²) >= 11 is 0. The van der Waals surface area contributed by atoms with Gasteiger partial charge in [0, 0.05) is 11.5 Å². The first-order valence-electron chi connectivity index (χ1n) is 5.13. The average molecular weight is 216 g/mol. The molecule has 0 aliphatic heterocycles. The van der Waals surface area contributed by atoms with Crippen LogP contribution in [0.2, 0.25) is 0 Å². The van der Waals surface area contributed by atoms with E-state index in [4.69, 9.17) is 9.15 Å². The zero-order valence-electron chi connectivity index (χ0n) is 8.97. The maximum Gasteiger partial charge on any atom is 0.330 e. The van der Waals surface area contributed by atoms with Crippen LogP contribution in [0.4, 0.5) is 0 Å². The molecule has 82 valence electrons. The molecule has 0 unspecified atom stereocenters. The van der Waals surface area contributed by atoms with Gasteiger partial charge in [-0.05, 0) is 25.1 Å². The molecule has 0 amide bonds. The van der Waals surface area contributed by atoms with Crippen molar-refractivity contribution in [3.8, 4) is 0 Å². The molecule has 0 N–H and O–H groups in total. The molecule has 0 fully saturated rings. The average Bonchev–Trinajstić information content (AvgIpc) is 2.69. The Morgan fingerprint density at radius 1 is 1.44 bits per heavy atom. The van der Waals surface area contributed by atoms with Crippen molar-refractivity contribution in [2.24, 2.45) is 0 Å². The quantitative estimate of drug-likeness (QED) is 0.584. The second kappa shape index (κ2) is 4.66. The third kappa shape index (κ3) is 2.31. The predicted octanol–water partition coefficient (Wildman–Crippen LogP) is 3.01. The Labute approximate surface area is 93.3 Å². The Morgan fingerprint density at radius 2 is 2.25 bits per heavy atom. The number of benzene rings is 1. The van der Waals surface area contributed by atoms with Crippen LogP contribution >= 0.6 is 0 Å². The fourth-order valence-corrected chi connectivity index (χ4v) is 1.43. The molecule has 1 heterocycles. The molecule has 0 spiro atoms. The van der Waals surface area contributed by atoms with Crippen molar-refractivity contribution in [2.75, 3.05) is 6.61 Å². The third-order valence-corrected chi connectivity index (χ3v) is 2.11. The van der Waals surface area contributed by atoms with Gasteiger partial charge >= 0.3 is 5.97 Å². The Balaban J connectivity index is 2.18. The van der Waals surface area contributed by atoms with Gasteiger partial charge < -0.3 is 9.15 Å². The van der Waals surface area contributed by atoms with Gasteiger partial charge in [0.05, 0.1) is 6.61 Å². The van der Waals surface area contributed by atoms with E-state index in [9.17, 15) is 4.79 Å². The van der Waals surface area contributed by atoms with Crippen LogP contribution in [0, 0.1) is 0 Å². The summed E-state index contributed by atoms with van der Waals surface area (Å²) in [5.41, 5.74) is 0.811. The van der Waals surface area contributed by atoms with Crippen LogP contribution in [0.15, 0.2) is 40.8 Å². The number of carbonyl (C=O) groups is 1. The van der Waals surface area contributed by atoms with E-state index in [2.05, 4.69) is 0 Å². The lowest BCUT2D eigenvalue weighted by atomic mass is 10.2. The van der Waals surface area contributed by atoms with Crippen LogP contribution < -0.4 is 0 Å². The van der Waals surface area contributed by atoms with E-state index in [1.54, 1.807) is 13.0 Å². The summed E-state index contributed by atoms with van der Waals surface area (Å²) in [6, 6.07) is 9.57. The van der Waals surface area contributed by atoms with Crippen molar-refractivity contribution >= 4 is 23.0 Å². The summed E-state index contributed by atoms with van der Waals surface area (Å²) in [6.07, 6.45) is 2.97. The van der Waals surface area contributed by atoms with Crippen molar-refractivity contribution < 1.29 is 13.9 Å². The molecule has 16 heavy (non-hydrogen) atoms. The van der Waals surface area contributed by atoms with Crippen molar-refractivity contribution in [1.82, 2.24) is 0 Å². The fraction of sp³-hybridized carbons (Fsp3) is 0.154. The highest BCUT2D eigenvalue weighted by Crippen LogP contribution is 2.19. The van der Waals surface area contributed by atoms with Gasteiger partial charge in [-0.25, -0.2) is 4.79 Å². The summed E-state index contributed by atoms with van der Waals surface area (Å²) in [7, 11) is 0. The largest absolute Gasteiger partial charge is 0.463 e. The smallest absolute Gasteiger partial charge is 0.330 e. The number of esters is 1.